The predicted octanol–water partition coefficient (Wildman–Crippen LogP) is 1.86. The van der Waals surface area contributed by atoms with Crippen LogP contribution in [0.25, 0.3) is 0 Å². The SMILES string of the molecule is CCCNc1cccc(CSc2nc(N)cc(=O)[nH]2)n1. The van der Waals surface area contributed by atoms with Gasteiger partial charge in [0, 0.05) is 18.4 Å². The van der Waals surface area contributed by atoms with E-state index in [0.717, 1.165) is 24.5 Å². The van der Waals surface area contributed by atoms with Gasteiger partial charge in [-0.15, -0.1) is 0 Å². The highest BCUT2D eigenvalue weighted by Gasteiger charge is 2.02. The van der Waals surface area contributed by atoms with Gasteiger partial charge in [0.05, 0.1) is 5.69 Å². The van der Waals surface area contributed by atoms with E-state index in [1.807, 2.05) is 18.2 Å². The summed E-state index contributed by atoms with van der Waals surface area (Å²) in [5, 5.41) is 3.74. The van der Waals surface area contributed by atoms with Crippen LogP contribution < -0.4 is 16.6 Å². The standard InChI is InChI=1S/C13H17N5OS/c1-2-6-15-11-5-3-4-9(16-11)8-20-13-17-10(14)7-12(19)18-13/h3-5,7H,2,6,8H2,1H3,(H,15,16)(H3,14,17,18,19). The first-order chi connectivity index (χ1) is 9.67. The minimum atomic E-state index is -0.244. The molecule has 7 heteroatoms. The number of pyridine rings is 1. The number of nitrogens with two attached hydrogens (primary N) is 1. The van der Waals surface area contributed by atoms with Crippen LogP contribution in [0.15, 0.2) is 34.2 Å². The maximum atomic E-state index is 11.3. The summed E-state index contributed by atoms with van der Waals surface area (Å²) in [6.45, 7) is 3.00. The third-order valence-electron chi connectivity index (χ3n) is 2.46. The molecule has 0 aliphatic heterocycles. The normalized spacial score (nSPS) is 10.4. The number of nitrogens with zero attached hydrogens (tertiary/aromatic N) is 2. The molecule has 20 heavy (non-hydrogen) atoms. The number of aromatic amines is 1. The number of thioether (sulfide) groups is 1. The van der Waals surface area contributed by atoms with Crippen molar-refractivity contribution in [2.24, 2.45) is 0 Å². The summed E-state index contributed by atoms with van der Waals surface area (Å²) in [6, 6.07) is 7.09. The van der Waals surface area contributed by atoms with Crippen molar-refractivity contribution in [2.75, 3.05) is 17.6 Å². The van der Waals surface area contributed by atoms with Crippen LogP contribution in [0.4, 0.5) is 11.6 Å². The van der Waals surface area contributed by atoms with Gasteiger partial charge in [0.1, 0.15) is 11.6 Å². The molecule has 2 heterocycles. The lowest BCUT2D eigenvalue weighted by Gasteiger charge is -2.06. The van der Waals surface area contributed by atoms with E-state index in [-0.39, 0.29) is 11.4 Å². The highest BCUT2D eigenvalue weighted by atomic mass is 32.2. The van der Waals surface area contributed by atoms with Gasteiger partial charge in [0.15, 0.2) is 5.16 Å². The van der Waals surface area contributed by atoms with E-state index in [2.05, 4.69) is 27.2 Å². The van der Waals surface area contributed by atoms with Crippen molar-refractivity contribution in [1.29, 1.82) is 0 Å². The molecule has 0 saturated heterocycles. The van der Waals surface area contributed by atoms with Crippen molar-refractivity contribution >= 4 is 23.4 Å². The van der Waals surface area contributed by atoms with Gasteiger partial charge >= 0.3 is 0 Å². The molecule has 0 saturated carbocycles. The molecule has 6 nitrogen and oxygen atoms in total. The van der Waals surface area contributed by atoms with Gasteiger partial charge in [0.25, 0.3) is 5.56 Å². The Morgan fingerprint density at radius 1 is 1.40 bits per heavy atom. The molecule has 0 bridgehead atoms. The van der Waals surface area contributed by atoms with Crippen molar-refractivity contribution in [1.82, 2.24) is 15.0 Å². The summed E-state index contributed by atoms with van der Waals surface area (Å²) < 4.78 is 0. The van der Waals surface area contributed by atoms with Crippen LogP contribution in [0, 0.1) is 0 Å². The lowest BCUT2D eigenvalue weighted by molar-refractivity contribution is 0.942. The van der Waals surface area contributed by atoms with Gasteiger partial charge in [-0.1, -0.05) is 24.8 Å². The van der Waals surface area contributed by atoms with Crippen LogP contribution in [0.5, 0.6) is 0 Å². The molecule has 2 aromatic heterocycles. The van der Waals surface area contributed by atoms with Crippen molar-refractivity contribution < 1.29 is 0 Å². The Morgan fingerprint density at radius 3 is 3.00 bits per heavy atom. The van der Waals surface area contributed by atoms with Crippen LogP contribution in [0.1, 0.15) is 19.0 Å². The second-order valence-electron chi connectivity index (χ2n) is 4.21. The Bertz CT molecular complexity index is 628. The van der Waals surface area contributed by atoms with Crippen LogP contribution >= 0.6 is 11.8 Å². The average molecular weight is 291 g/mol. The zero-order valence-corrected chi connectivity index (χ0v) is 12.0. The largest absolute Gasteiger partial charge is 0.383 e. The van der Waals surface area contributed by atoms with Gasteiger partial charge in [-0.25, -0.2) is 9.97 Å². The topological polar surface area (TPSA) is 96.7 Å². The van der Waals surface area contributed by atoms with Crippen molar-refractivity contribution in [2.45, 2.75) is 24.3 Å². The molecule has 2 aromatic rings. The Morgan fingerprint density at radius 2 is 2.25 bits per heavy atom. The van der Waals surface area contributed by atoms with Gasteiger partial charge in [-0.3, -0.25) is 4.79 Å². The van der Waals surface area contributed by atoms with Crippen LogP contribution in [0.2, 0.25) is 0 Å². The molecule has 4 N–H and O–H groups in total. The number of anilines is 2. The molecular weight excluding hydrogens is 274 g/mol. The minimum Gasteiger partial charge on any atom is -0.383 e. The first-order valence-corrected chi connectivity index (χ1v) is 7.35. The van der Waals surface area contributed by atoms with E-state index in [1.165, 1.54) is 17.8 Å². The van der Waals surface area contributed by atoms with Crippen molar-refractivity contribution in [3.63, 3.8) is 0 Å². The first kappa shape index (κ1) is 14.4. The van der Waals surface area contributed by atoms with E-state index in [1.54, 1.807) is 0 Å². The number of H-pyrrole nitrogens is 1. The van der Waals surface area contributed by atoms with Gasteiger partial charge in [-0.05, 0) is 18.6 Å². The van der Waals surface area contributed by atoms with Crippen molar-refractivity contribution in [3.8, 4) is 0 Å². The molecule has 0 unspecified atom stereocenters. The summed E-state index contributed by atoms with van der Waals surface area (Å²) in [7, 11) is 0. The van der Waals surface area contributed by atoms with Gasteiger partial charge < -0.3 is 16.0 Å². The summed E-state index contributed by atoms with van der Waals surface area (Å²) in [6.07, 6.45) is 1.05. The zero-order chi connectivity index (χ0) is 14.4. The molecule has 0 spiro atoms. The van der Waals surface area contributed by atoms with E-state index >= 15 is 0 Å². The fraction of sp³-hybridized carbons (Fsp3) is 0.308. The van der Waals surface area contributed by atoms with E-state index in [0.29, 0.717) is 10.9 Å². The number of rotatable bonds is 6. The number of nitrogen functional groups attached to an aromatic ring is 1. The Balaban J connectivity index is 2.01. The number of aromatic nitrogens is 3. The predicted molar refractivity (Wildman–Crippen MR) is 81.8 cm³/mol. The first-order valence-electron chi connectivity index (χ1n) is 6.37. The second-order valence-corrected chi connectivity index (χ2v) is 5.17. The average Bonchev–Trinajstić information content (AvgIpc) is 2.42. The summed E-state index contributed by atoms with van der Waals surface area (Å²) in [4.78, 5) is 22.5. The van der Waals surface area contributed by atoms with E-state index in [9.17, 15) is 4.79 Å². The van der Waals surface area contributed by atoms with Gasteiger partial charge in [0.2, 0.25) is 0 Å². The third kappa shape index (κ3) is 4.27. The lowest BCUT2D eigenvalue weighted by Crippen LogP contribution is -2.09. The Labute approximate surface area is 121 Å². The Hall–Kier alpha value is -2.02. The maximum absolute atomic E-state index is 11.3. The highest BCUT2D eigenvalue weighted by molar-refractivity contribution is 7.98. The highest BCUT2D eigenvalue weighted by Crippen LogP contribution is 2.18. The maximum Gasteiger partial charge on any atom is 0.253 e. The van der Waals surface area contributed by atoms with Crippen LogP contribution in [0.3, 0.4) is 0 Å². The smallest absolute Gasteiger partial charge is 0.253 e. The molecule has 0 amide bonds. The summed E-state index contributed by atoms with van der Waals surface area (Å²) >= 11 is 1.40. The van der Waals surface area contributed by atoms with E-state index in [4.69, 9.17) is 5.73 Å². The molecule has 0 atom stereocenters. The van der Waals surface area contributed by atoms with Gasteiger partial charge in [-0.2, -0.15) is 0 Å². The minimum absolute atomic E-state index is 0.225. The van der Waals surface area contributed by atoms with Crippen LogP contribution in [-0.4, -0.2) is 21.5 Å². The Kier molecular flexibility index (Phi) is 5.00. The fourth-order valence-electron chi connectivity index (χ4n) is 1.58. The number of nitrogens with one attached hydrogen (secondary N) is 2. The lowest BCUT2D eigenvalue weighted by atomic mass is 10.3. The molecule has 0 aliphatic rings. The number of hydrogen-bond acceptors (Lipinski definition) is 6. The fourth-order valence-corrected chi connectivity index (χ4v) is 2.36. The molecule has 2 rings (SSSR count). The van der Waals surface area contributed by atoms with Crippen molar-refractivity contribution in [3.05, 3.63) is 40.3 Å². The number of hydrogen-bond donors (Lipinski definition) is 3. The monoisotopic (exact) mass is 291 g/mol. The molecule has 0 aromatic carbocycles. The molecule has 0 aliphatic carbocycles. The summed E-state index contributed by atoms with van der Waals surface area (Å²) in [5.74, 6) is 1.70. The van der Waals surface area contributed by atoms with Crippen LogP contribution in [-0.2, 0) is 5.75 Å². The summed E-state index contributed by atoms with van der Waals surface area (Å²) in [5.41, 5.74) is 6.21. The second kappa shape index (κ2) is 6.95. The quantitative estimate of drug-likeness (QED) is 0.555. The molecule has 0 fully saturated rings. The van der Waals surface area contributed by atoms with E-state index < -0.39 is 0 Å². The third-order valence-corrected chi connectivity index (χ3v) is 3.37. The molecule has 0 radical (unpaired) electrons. The molecule has 106 valence electrons. The zero-order valence-electron chi connectivity index (χ0n) is 11.2. The molecular formula is C13H17N5OS.